The minimum Gasteiger partial charge on any atom is -0.393 e. The molecule has 1 aromatic carbocycles. The molecule has 1 amide bonds. The van der Waals surface area contributed by atoms with E-state index in [2.05, 4.69) is 34.5 Å². The lowest BCUT2D eigenvalue weighted by Gasteiger charge is -2.29. The summed E-state index contributed by atoms with van der Waals surface area (Å²) in [6, 6.07) is 8.22. The number of likely N-dealkylation sites (tertiary alicyclic amines) is 1. The molecule has 1 aliphatic heterocycles. The van der Waals surface area contributed by atoms with Gasteiger partial charge in [-0.2, -0.15) is 0 Å². The van der Waals surface area contributed by atoms with Gasteiger partial charge in [-0.15, -0.1) is 0 Å². The van der Waals surface area contributed by atoms with E-state index >= 15 is 0 Å². The molecule has 0 aromatic heterocycles. The Kier molecular flexibility index (Phi) is 6.36. The van der Waals surface area contributed by atoms with Crippen LogP contribution in [0.5, 0.6) is 0 Å². The van der Waals surface area contributed by atoms with Crippen molar-refractivity contribution in [3.63, 3.8) is 0 Å². The van der Waals surface area contributed by atoms with E-state index in [1.165, 1.54) is 5.56 Å². The minimum absolute atomic E-state index is 0.00838. The van der Waals surface area contributed by atoms with Crippen LogP contribution in [0.25, 0.3) is 0 Å². The highest BCUT2D eigenvalue weighted by molar-refractivity contribution is 5.76. The topological polar surface area (TPSA) is 78.6 Å². The average molecular weight is 305 g/mol. The highest BCUT2D eigenvalue weighted by Crippen LogP contribution is 2.14. The highest BCUT2D eigenvalue weighted by atomic mass is 16.3. The van der Waals surface area contributed by atoms with E-state index in [4.69, 9.17) is 5.73 Å². The average Bonchev–Trinajstić information content (AvgIpc) is 2.48. The van der Waals surface area contributed by atoms with Crippen LogP contribution in [0.15, 0.2) is 24.3 Å². The molecule has 5 nitrogen and oxygen atoms in total. The lowest BCUT2D eigenvalue weighted by Crippen LogP contribution is -2.35. The third-order valence-electron chi connectivity index (χ3n) is 3.98. The monoisotopic (exact) mass is 305 g/mol. The van der Waals surface area contributed by atoms with Crippen molar-refractivity contribution < 1.29 is 9.90 Å². The number of nitrogens with two attached hydrogens (primary N) is 1. The summed E-state index contributed by atoms with van der Waals surface area (Å²) in [6.07, 6.45) is 1.96. The van der Waals surface area contributed by atoms with Gasteiger partial charge in [-0.05, 0) is 30.9 Å². The largest absolute Gasteiger partial charge is 0.393 e. The summed E-state index contributed by atoms with van der Waals surface area (Å²) >= 11 is 0. The predicted molar refractivity (Wildman–Crippen MR) is 87.1 cm³/mol. The van der Waals surface area contributed by atoms with E-state index in [-0.39, 0.29) is 18.1 Å². The van der Waals surface area contributed by atoms with Gasteiger partial charge in [0, 0.05) is 38.6 Å². The van der Waals surface area contributed by atoms with Crippen LogP contribution < -0.4 is 11.1 Å². The molecule has 4 N–H and O–H groups in total. The molecular formula is C17H27N3O2. The number of carbonyl (C=O) groups is 1. The SMILES string of the molecule is CC(N)CC(=O)NCc1ccc(CN2CCC(O)CC2)cc1. The number of aliphatic hydroxyl groups excluding tert-OH is 1. The third kappa shape index (κ3) is 5.75. The molecule has 122 valence electrons. The maximum atomic E-state index is 11.6. The van der Waals surface area contributed by atoms with E-state index in [1.807, 2.05) is 6.92 Å². The van der Waals surface area contributed by atoms with Crippen molar-refractivity contribution in [2.75, 3.05) is 13.1 Å². The van der Waals surface area contributed by atoms with Crippen molar-refractivity contribution in [2.24, 2.45) is 5.73 Å². The Morgan fingerprint density at radius 2 is 1.91 bits per heavy atom. The summed E-state index contributed by atoms with van der Waals surface area (Å²) in [7, 11) is 0. The Bertz CT molecular complexity index is 465. The molecule has 0 spiro atoms. The van der Waals surface area contributed by atoms with Gasteiger partial charge in [-0.1, -0.05) is 24.3 Å². The summed E-state index contributed by atoms with van der Waals surface area (Å²) in [4.78, 5) is 13.9. The first-order valence-corrected chi connectivity index (χ1v) is 8.03. The van der Waals surface area contributed by atoms with Crippen molar-refractivity contribution in [3.8, 4) is 0 Å². The molecule has 1 aliphatic rings. The van der Waals surface area contributed by atoms with Crippen molar-refractivity contribution in [2.45, 2.75) is 51.4 Å². The Morgan fingerprint density at radius 3 is 2.50 bits per heavy atom. The Labute approximate surface area is 132 Å². The standard InChI is InChI=1S/C17H27N3O2/c1-13(18)10-17(22)19-11-14-2-4-15(5-3-14)12-20-8-6-16(21)7-9-20/h2-5,13,16,21H,6-12,18H2,1H3,(H,19,22). The lowest BCUT2D eigenvalue weighted by molar-refractivity contribution is -0.121. The first kappa shape index (κ1) is 16.9. The molecule has 5 heteroatoms. The second kappa shape index (κ2) is 8.27. The van der Waals surface area contributed by atoms with Crippen LogP contribution in [0.3, 0.4) is 0 Å². The maximum absolute atomic E-state index is 11.6. The zero-order valence-electron chi connectivity index (χ0n) is 13.3. The molecule has 1 fully saturated rings. The van der Waals surface area contributed by atoms with Crippen molar-refractivity contribution in [1.29, 1.82) is 0 Å². The van der Waals surface area contributed by atoms with Crippen LogP contribution in [0.2, 0.25) is 0 Å². The Morgan fingerprint density at radius 1 is 1.32 bits per heavy atom. The van der Waals surface area contributed by atoms with Gasteiger partial charge in [0.2, 0.25) is 5.91 Å². The number of nitrogens with one attached hydrogen (secondary N) is 1. The number of carbonyl (C=O) groups excluding carboxylic acids is 1. The normalized spacial score (nSPS) is 18.1. The number of piperidine rings is 1. The summed E-state index contributed by atoms with van der Waals surface area (Å²) in [6.45, 7) is 5.20. The van der Waals surface area contributed by atoms with Gasteiger partial charge in [0.05, 0.1) is 6.10 Å². The van der Waals surface area contributed by atoms with Gasteiger partial charge in [0.1, 0.15) is 0 Å². The first-order valence-electron chi connectivity index (χ1n) is 8.03. The zero-order valence-corrected chi connectivity index (χ0v) is 13.3. The van der Waals surface area contributed by atoms with Crippen LogP contribution in [-0.4, -0.2) is 41.1 Å². The zero-order chi connectivity index (χ0) is 15.9. The van der Waals surface area contributed by atoms with E-state index in [9.17, 15) is 9.90 Å². The van der Waals surface area contributed by atoms with E-state index < -0.39 is 0 Å². The van der Waals surface area contributed by atoms with Crippen LogP contribution in [-0.2, 0) is 17.9 Å². The Hall–Kier alpha value is -1.43. The quantitative estimate of drug-likeness (QED) is 0.732. The number of nitrogens with zero attached hydrogens (tertiary/aromatic N) is 1. The molecule has 1 aromatic rings. The van der Waals surface area contributed by atoms with E-state index in [0.29, 0.717) is 13.0 Å². The van der Waals surface area contributed by atoms with Gasteiger partial charge in [0.25, 0.3) is 0 Å². The molecule has 0 bridgehead atoms. The van der Waals surface area contributed by atoms with Gasteiger partial charge in [0.15, 0.2) is 0 Å². The van der Waals surface area contributed by atoms with Gasteiger partial charge in [-0.25, -0.2) is 0 Å². The minimum atomic E-state index is -0.126. The van der Waals surface area contributed by atoms with E-state index in [1.54, 1.807) is 0 Å². The van der Waals surface area contributed by atoms with Gasteiger partial charge >= 0.3 is 0 Å². The maximum Gasteiger partial charge on any atom is 0.221 e. The molecule has 1 saturated heterocycles. The fourth-order valence-corrected chi connectivity index (χ4v) is 2.66. The van der Waals surface area contributed by atoms with Crippen molar-refractivity contribution >= 4 is 5.91 Å². The van der Waals surface area contributed by atoms with Crippen LogP contribution >= 0.6 is 0 Å². The molecular weight excluding hydrogens is 278 g/mol. The van der Waals surface area contributed by atoms with Crippen molar-refractivity contribution in [3.05, 3.63) is 35.4 Å². The fourth-order valence-electron chi connectivity index (χ4n) is 2.66. The van der Waals surface area contributed by atoms with Gasteiger partial charge < -0.3 is 16.2 Å². The van der Waals surface area contributed by atoms with Crippen LogP contribution in [0.1, 0.15) is 37.3 Å². The number of hydrogen-bond acceptors (Lipinski definition) is 4. The second-order valence-corrected chi connectivity index (χ2v) is 6.28. The number of amides is 1. The lowest BCUT2D eigenvalue weighted by atomic mass is 10.1. The van der Waals surface area contributed by atoms with Gasteiger partial charge in [-0.3, -0.25) is 9.69 Å². The van der Waals surface area contributed by atoms with Crippen LogP contribution in [0, 0.1) is 0 Å². The fraction of sp³-hybridized carbons (Fsp3) is 0.588. The summed E-state index contributed by atoms with van der Waals surface area (Å²) in [5.74, 6) is -0.00838. The second-order valence-electron chi connectivity index (χ2n) is 6.28. The number of benzene rings is 1. The first-order chi connectivity index (χ1) is 10.5. The molecule has 1 heterocycles. The predicted octanol–water partition coefficient (Wildman–Crippen LogP) is 0.997. The number of rotatable bonds is 6. The third-order valence-corrected chi connectivity index (χ3v) is 3.98. The number of aliphatic hydroxyl groups is 1. The smallest absolute Gasteiger partial charge is 0.221 e. The summed E-state index contributed by atoms with van der Waals surface area (Å²) < 4.78 is 0. The molecule has 1 unspecified atom stereocenters. The molecule has 0 aliphatic carbocycles. The summed E-state index contributed by atoms with van der Waals surface area (Å²) in [5.41, 5.74) is 7.96. The molecule has 0 saturated carbocycles. The molecule has 1 atom stereocenters. The number of hydrogen-bond donors (Lipinski definition) is 3. The van der Waals surface area contributed by atoms with Crippen molar-refractivity contribution in [1.82, 2.24) is 10.2 Å². The van der Waals surface area contributed by atoms with Crippen LogP contribution in [0.4, 0.5) is 0 Å². The Balaban J connectivity index is 1.76. The highest BCUT2D eigenvalue weighted by Gasteiger charge is 2.16. The molecule has 22 heavy (non-hydrogen) atoms. The molecule has 2 rings (SSSR count). The summed E-state index contributed by atoms with van der Waals surface area (Å²) in [5, 5.41) is 12.4. The molecule has 0 radical (unpaired) electrons. The van der Waals surface area contributed by atoms with E-state index in [0.717, 1.165) is 38.0 Å².